The molecule has 86 heavy (non-hydrogen) atoms. The maximum Gasteiger partial charge on any atom is 0.416 e. The number of benzene rings is 9. The molecule has 0 fully saturated rings. The summed E-state index contributed by atoms with van der Waals surface area (Å²) >= 11 is 0. The molecule has 0 aliphatic rings. The largest absolute Gasteiger partial charge is 0.416 e. The van der Waals surface area contributed by atoms with Crippen molar-refractivity contribution < 1.29 is 36.7 Å². The van der Waals surface area contributed by atoms with E-state index in [4.69, 9.17) is 22.9 Å². The summed E-state index contributed by atoms with van der Waals surface area (Å²) in [5, 5.41) is 3.14. The van der Waals surface area contributed by atoms with Gasteiger partial charge in [-0.15, -0.1) is 0 Å². The van der Waals surface area contributed by atoms with E-state index in [-0.39, 0.29) is 5.82 Å². The van der Waals surface area contributed by atoms with Crippen molar-refractivity contribution in [3.63, 3.8) is 0 Å². The van der Waals surface area contributed by atoms with Gasteiger partial charge in [0.05, 0.1) is 5.56 Å². The highest BCUT2D eigenvalue weighted by Gasteiger charge is 2.30. The van der Waals surface area contributed by atoms with Crippen molar-refractivity contribution in [1.82, 2.24) is 19.9 Å². The zero-order chi connectivity index (χ0) is 60.8. The van der Waals surface area contributed by atoms with Crippen LogP contribution in [0.4, 0.5) is 17.6 Å². The Labute approximate surface area is 490 Å². The zero-order valence-corrected chi connectivity index (χ0v) is 46.4. The summed E-state index contributed by atoms with van der Waals surface area (Å²) in [5.41, 5.74) is 36.9. The molecule has 12 nitrogen and oxygen atoms in total. The van der Waals surface area contributed by atoms with Crippen LogP contribution in [-0.4, -0.2) is 43.6 Å². The second-order valence-corrected chi connectivity index (χ2v) is 20.6. The van der Waals surface area contributed by atoms with Gasteiger partial charge in [0.2, 0.25) is 23.6 Å². The van der Waals surface area contributed by atoms with Crippen molar-refractivity contribution in [3.05, 3.63) is 264 Å². The number of nitrogens with one attached hydrogen (secondary N) is 4. The van der Waals surface area contributed by atoms with Crippen LogP contribution in [-0.2, 0) is 6.18 Å². The van der Waals surface area contributed by atoms with Gasteiger partial charge in [0.1, 0.15) is 5.82 Å². The number of fused-ring (bicyclic) bond motifs is 4. The summed E-state index contributed by atoms with van der Waals surface area (Å²) in [6.07, 6.45) is -4.36. The number of alkyl halides is 3. The second-order valence-electron chi connectivity index (χ2n) is 20.6. The van der Waals surface area contributed by atoms with Gasteiger partial charge in [-0.05, 0) is 154 Å². The summed E-state index contributed by atoms with van der Waals surface area (Å²) in [7, 11) is 0. The third-order valence-corrected chi connectivity index (χ3v) is 14.6. The molecule has 0 atom stereocenters. The van der Waals surface area contributed by atoms with Crippen molar-refractivity contribution in [1.29, 1.82) is 0 Å². The molecular formula is C70H56F4N8O4. The van der Waals surface area contributed by atoms with Gasteiger partial charge in [-0.2, -0.15) is 13.2 Å². The molecule has 0 unspecified atom stereocenters. The molecule has 0 radical (unpaired) electrons. The minimum atomic E-state index is -4.36. The molecule has 0 spiro atoms. The number of H-pyrrole nitrogens is 4. The minimum absolute atomic E-state index is 0.280. The minimum Gasteiger partial charge on any atom is -0.366 e. The molecule has 12 N–H and O–H groups in total. The Morgan fingerprint density at radius 2 is 0.628 bits per heavy atom. The quantitative estimate of drug-likeness (QED) is 0.0624. The normalized spacial score (nSPS) is 11.2. The number of hydrogen-bond donors (Lipinski definition) is 8. The van der Waals surface area contributed by atoms with Crippen LogP contribution in [0.2, 0.25) is 0 Å². The second kappa shape index (κ2) is 24.7. The molecule has 0 saturated heterocycles. The van der Waals surface area contributed by atoms with Gasteiger partial charge in [-0.3, -0.25) is 19.2 Å². The molecule has 0 aliphatic heterocycles. The first-order valence-electron chi connectivity index (χ1n) is 27.2. The Morgan fingerprint density at radius 1 is 0.349 bits per heavy atom. The fourth-order valence-electron chi connectivity index (χ4n) is 10.1. The molecule has 16 heteroatoms. The van der Waals surface area contributed by atoms with E-state index in [2.05, 4.69) is 94.4 Å². The van der Waals surface area contributed by atoms with E-state index in [0.717, 1.165) is 78.6 Å². The van der Waals surface area contributed by atoms with Crippen LogP contribution >= 0.6 is 0 Å². The lowest BCUT2D eigenvalue weighted by molar-refractivity contribution is -0.137. The van der Waals surface area contributed by atoms with Gasteiger partial charge in [-0.1, -0.05) is 129 Å². The molecule has 13 aromatic rings. The first-order chi connectivity index (χ1) is 41.3. The summed E-state index contributed by atoms with van der Waals surface area (Å²) in [6, 6.07) is 67.1. The van der Waals surface area contributed by atoms with Crippen LogP contribution < -0.4 is 22.9 Å². The first-order valence-corrected chi connectivity index (χ1v) is 27.2. The number of primary amides is 4. The van der Waals surface area contributed by atoms with E-state index in [9.17, 15) is 36.7 Å². The molecule has 4 aromatic heterocycles. The lowest BCUT2D eigenvalue weighted by atomic mass is 10.0. The highest BCUT2D eigenvalue weighted by Crippen LogP contribution is 2.34. The summed E-state index contributed by atoms with van der Waals surface area (Å²) < 4.78 is 50.6. The summed E-state index contributed by atoms with van der Waals surface area (Å²) in [4.78, 5) is 58.8. The predicted molar refractivity (Wildman–Crippen MR) is 333 cm³/mol. The van der Waals surface area contributed by atoms with Gasteiger partial charge in [-0.25, -0.2) is 4.39 Å². The van der Waals surface area contributed by atoms with Crippen molar-refractivity contribution in [2.45, 2.75) is 25.9 Å². The molecule has 4 heterocycles. The highest BCUT2D eigenvalue weighted by atomic mass is 19.4. The molecular weight excluding hydrogens is 1090 g/mol. The fourth-order valence-corrected chi connectivity index (χ4v) is 10.1. The average Bonchev–Trinajstić information content (AvgIpc) is 2.35. The van der Waals surface area contributed by atoms with E-state index in [1.54, 1.807) is 60.7 Å². The molecule has 0 saturated carbocycles. The average molecular weight is 1150 g/mol. The molecule has 4 amide bonds. The Hall–Kier alpha value is -11.3. The number of halogens is 4. The van der Waals surface area contributed by atoms with Crippen LogP contribution in [0.5, 0.6) is 0 Å². The monoisotopic (exact) mass is 1150 g/mol. The summed E-state index contributed by atoms with van der Waals surface area (Å²) in [6.45, 7) is 4.36. The first kappa shape index (κ1) is 58.0. The number of amides is 4. The maximum absolute atomic E-state index is 12.9. The van der Waals surface area contributed by atoms with Crippen molar-refractivity contribution in [2.75, 3.05) is 0 Å². The molecule has 0 bridgehead atoms. The maximum atomic E-state index is 12.9. The van der Waals surface area contributed by atoms with E-state index < -0.39 is 35.4 Å². The lowest BCUT2D eigenvalue weighted by Gasteiger charge is -2.06. The third kappa shape index (κ3) is 12.8. The van der Waals surface area contributed by atoms with E-state index in [0.29, 0.717) is 50.3 Å². The number of rotatable bonds is 10. The standard InChI is InChI=1S/C21H16N2O.C18H18N2O.C16H11F3N2O.C15H11FN2O/c22-21(24)17-7-4-8-19-18(17)13-20(23-19)16-11-9-15(10-12-16)14-5-2-1-3-6-14;1-11(2)12-6-8-13(9-7-12)17-10-15-14(18(19)21)4-3-5-16(15)20-17;17-16(18,19)10-6-4-9(5-7-10)14-8-12-11(15(20)22)2-1-3-13(12)21-14;16-10-6-4-9(5-7-10)14-8-12-11(15(17)19)2-1-3-13(12)18-14/h1-13,23H,(H2,22,24);3-11,20H,1-2H3,(H2,19,21);1-8,21H,(H2,20,22);1-8,18H,(H2,17,19). The topological polar surface area (TPSA) is 236 Å². The molecule has 9 aromatic carbocycles. The van der Waals surface area contributed by atoms with E-state index in [1.807, 2.05) is 66.7 Å². The number of nitrogens with two attached hydrogens (primary N) is 4. The number of carbonyl (C=O) groups excluding carboxylic acids is 4. The predicted octanol–water partition coefficient (Wildman–Crippen LogP) is 15.7. The van der Waals surface area contributed by atoms with Gasteiger partial charge < -0.3 is 42.9 Å². The smallest absolute Gasteiger partial charge is 0.366 e. The third-order valence-electron chi connectivity index (χ3n) is 14.6. The molecule has 13 rings (SSSR count). The van der Waals surface area contributed by atoms with Crippen LogP contribution in [0, 0.1) is 5.82 Å². The lowest BCUT2D eigenvalue weighted by Crippen LogP contribution is -2.10. The SMILES string of the molecule is CC(C)c1ccc(-c2cc3c(C(N)=O)cccc3[nH]2)cc1.NC(=O)c1cccc2[nH]c(-c3ccc(-c4ccccc4)cc3)cc12.NC(=O)c1cccc2[nH]c(-c3ccc(C(F)(F)F)cc3)cc12.NC(=O)c1cccc2[nH]c(-c3ccc(F)cc3)cc12. The van der Waals surface area contributed by atoms with E-state index >= 15 is 0 Å². The molecule has 428 valence electrons. The van der Waals surface area contributed by atoms with E-state index in [1.165, 1.54) is 41.0 Å². The Balaban J connectivity index is 0.000000128. The number of aromatic amines is 4. The van der Waals surface area contributed by atoms with Crippen molar-refractivity contribution in [2.24, 2.45) is 22.9 Å². The van der Waals surface area contributed by atoms with Crippen molar-refractivity contribution in [3.8, 4) is 56.2 Å². The Bertz CT molecular complexity index is 4600. The fraction of sp³-hybridized carbons (Fsp3) is 0.0571. The van der Waals surface area contributed by atoms with Crippen LogP contribution in [0.1, 0.15) is 72.3 Å². The Kier molecular flexibility index (Phi) is 16.6. The van der Waals surface area contributed by atoms with Gasteiger partial charge in [0, 0.05) is 88.6 Å². The Morgan fingerprint density at radius 3 is 0.930 bits per heavy atom. The summed E-state index contributed by atoms with van der Waals surface area (Å²) in [5.74, 6) is -1.59. The van der Waals surface area contributed by atoms with Gasteiger partial charge >= 0.3 is 6.18 Å². The zero-order valence-electron chi connectivity index (χ0n) is 46.4. The highest BCUT2D eigenvalue weighted by molar-refractivity contribution is 6.09. The number of aromatic nitrogens is 4. The van der Waals surface area contributed by atoms with Crippen LogP contribution in [0.15, 0.2) is 224 Å². The number of hydrogen-bond acceptors (Lipinski definition) is 4. The van der Waals surface area contributed by atoms with Crippen LogP contribution in [0.25, 0.3) is 99.8 Å². The van der Waals surface area contributed by atoms with Gasteiger partial charge in [0.15, 0.2) is 0 Å². The van der Waals surface area contributed by atoms with Crippen molar-refractivity contribution >= 4 is 67.2 Å². The molecule has 0 aliphatic carbocycles. The van der Waals surface area contributed by atoms with Crippen LogP contribution in [0.3, 0.4) is 0 Å². The number of carbonyl (C=O) groups is 4. The van der Waals surface area contributed by atoms with Gasteiger partial charge in [0.25, 0.3) is 0 Å².